The molecule has 0 heterocycles. The predicted molar refractivity (Wildman–Crippen MR) is 82.9 cm³/mol. The van der Waals surface area contributed by atoms with E-state index in [1.807, 2.05) is 0 Å². The van der Waals surface area contributed by atoms with Gasteiger partial charge in [-0.3, -0.25) is 9.69 Å². The molecule has 0 radical (unpaired) electrons. The number of rotatable bonds is 6. The molecule has 0 atom stereocenters. The number of carboxylic acid groups (broad SMARTS) is 1. The van der Waals surface area contributed by atoms with Gasteiger partial charge < -0.3 is 5.11 Å². The fourth-order valence-corrected chi connectivity index (χ4v) is 2.11. The number of hydrogen-bond acceptors (Lipinski definition) is 2. The van der Waals surface area contributed by atoms with Gasteiger partial charge in [0, 0.05) is 18.6 Å². The van der Waals surface area contributed by atoms with E-state index in [0.29, 0.717) is 12.5 Å². The summed E-state index contributed by atoms with van der Waals surface area (Å²) in [5.41, 5.74) is 2.53. The smallest absolute Gasteiger partial charge is 0.304 e. The van der Waals surface area contributed by atoms with Crippen molar-refractivity contribution in [3.05, 3.63) is 35.4 Å². The SMILES string of the molecule is CC(C)c1ccc(CN(CCC(=O)O)C(C)(C)C)cc1. The van der Waals surface area contributed by atoms with Gasteiger partial charge in [-0.2, -0.15) is 0 Å². The Balaban J connectivity index is 2.76. The molecule has 0 amide bonds. The largest absolute Gasteiger partial charge is 0.481 e. The molecule has 0 aromatic heterocycles. The highest BCUT2D eigenvalue weighted by molar-refractivity contribution is 5.66. The van der Waals surface area contributed by atoms with E-state index in [2.05, 4.69) is 63.8 Å². The summed E-state index contributed by atoms with van der Waals surface area (Å²) in [5.74, 6) is -0.204. The van der Waals surface area contributed by atoms with Crippen molar-refractivity contribution in [2.24, 2.45) is 0 Å². The summed E-state index contributed by atoms with van der Waals surface area (Å²) in [5, 5.41) is 8.86. The molecule has 0 spiro atoms. The van der Waals surface area contributed by atoms with Crippen LogP contribution in [0, 0.1) is 0 Å². The van der Waals surface area contributed by atoms with E-state index in [1.54, 1.807) is 0 Å². The molecule has 0 aliphatic carbocycles. The lowest BCUT2D eigenvalue weighted by Gasteiger charge is -2.35. The minimum Gasteiger partial charge on any atom is -0.481 e. The maximum atomic E-state index is 10.8. The molecule has 3 heteroatoms. The van der Waals surface area contributed by atoms with E-state index >= 15 is 0 Å². The Bertz CT molecular complexity index is 429. The zero-order chi connectivity index (χ0) is 15.3. The second-order valence-electron chi connectivity index (χ2n) is 6.63. The topological polar surface area (TPSA) is 40.5 Å². The molecule has 1 aromatic carbocycles. The van der Waals surface area contributed by atoms with Gasteiger partial charge in [0.25, 0.3) is 0 Å². The zero-order valence-corrected chi connectivity index (χ0v) is 13.3. The fourth-order valence-electron chi connectivity index (χ4n) is 2.11. The third-order valence-corrected chi connectivity index (χ3v) is 3.56. The molecule has 0 saturated heterocycles. The maximum absolute atomic E-state index is 10.8. The Kier molecular flexibility index (Phi) is 5.75. The molecular formula is C17H27NO2. The van der Waals surface area contributed by atoms with Gasteiger partial charge in [-0.15, -0.1) is 0 Å². The second kappa shape index (κ2) is 6.89. The van der Waals surface area contributed by atoms with Gasteiger partial charge in [-0.05, 0) is 37.8 Å². The van der Waals surface area contributed by atoms with Crippen LogP contribution >= 0.6 is 0 Å². The number of benzene rings is 1. The molecule has 1 aromatic rings. The van der Waals surface area contributed by atoms with Crippen molar-refractivity contribution in [1.82, 2.24) is 4.90 Å². The molecule has 112 valence electrons. The van der Waals surface area contributed by atoms with Crippen molar-refractivity contribution in [2.75, 3.05) is 6.54 Å². The van der Waals surface area contributed by atoms with E-state index in [0.717, 1.165) is 6.54 Å². The van der Waals surface area contributed by atoms with Crippen molar-refractivity contribution in [3.8, 4) is 0 Å². The zero-order valence-electron chi connectivity index (χ0n) is 13.3. The molecule has 0 fully saturated rings. The number of hydrogen-bond donors (Lipinski definition) is 1. The minimum atomic E-state index is -0.741. The molecule has 3 nitrogen and oxygen atoms in total. The Morgan fingerprint density at radius 1 is 1.20 bits per heavy atom. The molecule has 1 rings (SSSR count). The summed E-state index contributed by atoms with van der Waals surface area (Å²) in [6, 6.07) is 8.62. The van der Waals surface area contributed by atoms with Crippen LogP contribution < -0.4 is 0 Å². The summed E-state index contributed by atoms with van der Waals surface area (Å²) >= 11 is 0. The van der Waals surface area contributed by atoms with Crippen molar-refractivity contribution in [2.45, 2.75) is 59.0 Å². The molecule has 1 N–H and O–H groups in total. The van der Waals surface area contributed by atoms with Crippen molar-refractivity contribution in [3.63, 3.8) is 0 Å². The number of carboxylic acids is 1. The highest BCUT2D eigenvalue weighted by Crippen LogP contribution is 2.20. The van der Waals surface area contributed by atoms with Crippen molar-refractivity contribution >= 4 is 5.97 Å². The summed E-state index contributed by atoms with van der Waals surface area (Å²) in [4.78, 5) is 13.0. The second-order valence-corrected chi connectivity index (χ2v) is 6.63. The van der Waals surface area contributed by atoms with Crippen LogP contribution in [-0.4, -0.2) is 28.1 Å². The monoisotopic (exact) mass is 277 g/mol. The first-order valence-corrected chi connectivity index (χ1v) is 7.26. The molecule has 0 unspecified atom stereocenters. The number of nitrogens with zero attached hydrogens (tertiary/aromatic N) is 1. The summed E-state index contributed by atoms with van der Waals surface area (Å²) in [6.45, 7) is 12.1. The van der Waals surface area contributed by atoms with E-state index in [9.17, 15) is 4.79 Å². The summed E-state index contributed by atoms with van der Waals surface area (Å²) in [6.07, 6.45) is 0.182. The average Bonchev–Trinajstić information content (AvgIpc) is 2.33. The Morgan fingerprint density at radius 2 is 1.75 bits per heavy atom. The first-order chi connectivity index (χ1) is 9.20. The number of aliphatic carboxylic acids is 1. The highest BCUT2D eigenvalue weighted by atomic mass is 16.4. The van der Waals surface area contributed by atoms with Gasteiger partial charge in [0.05, 0.1) is 6.42 Å². The summed E-state index contributed by atoms with van der Waals surface area (Å²) in [7, 11) is 0. The van der Waals surface area contributed by atoms with Gasteiger partial charge in [0.1, 0.15) is 0 Å². The van der Waals surface area contributed by atoms with E-state index in [-0.39, 0.29) is 12.0 Å². The Morgan fingerprint density at radius 3 is 2.15 bits per heavy atom. The fraction of sp³-hybridized carbons (Fsp3) is 0.588. The normalized spacial score (nSPS) is 12.2. The highest BCUT2D eigenvalue weighted by Gasteiger charge is 2.21. The molecule has 0 aliphatic rings. The van der Waals surface area contributed by atoms with Gasteiger partial charge >= 0.3 is 5.97 Å². The first kappa shape index (κ1) is 16.7. The first-order valence-electron chi connectivity index (χ1n) is 7.26. The predicted octanol–water partition coefficient (Wildman–Crippen LogP) is 3.89. The molecule has 20 heavy (non-hydrogen) atoms. The van der Waals surface area contributed by atoms with Crippen LogP contribution in [0.1, 0.15) is 58.1 Å². The van der Waals surface area contributed by atoms with Crippen molar-refractivity contribution < 1.29 is 9.90 Å². The van der Waals surface area contributed by atoms with Gasteiger partial charge in [-0.1, -0.05) is 38.1 Å². The van der Waals surface area contributed by atoms with Crippen LogP contribution in [0.2, 0.25) is 0 Å². The molecule has 0 bridgehead atoms. The van der Waals surface area contributed by atoms with Crippen LogP contribution in [0.3, 0.4) is 0 Å². The minimum absolute atomic E-state index is 0.0355. The third kappa shape index (κ3) is 5.33. The van der Waals surface area contributed by atoms with Crippen molar-refractivity contribution in [1.29, 1.82) is 0 Å². The van der Waals surface area contributed by atoms with Crippen LogP contribution in [0.4, 0.5) is 0 Å². The lowest BCUT2D eigenvalue weighted by molar-refractivity contribution is -0.137. The van der Waals surface area contributed by atoms with Crippen LogP contribution in [0.5, 0.6) is 0 Å². The van der Waals surface area contributed by atoms with E-state index in [1.165, 1.54) is 11.1 Å². The van der Waals surface area contributed by atoms with E-state index in [4.69, 9.17) is 5.11 Å². The molecule has 0 saturated carbocycles. The lowest BCUT2D eigenvalue weighted by atomic mass is 10.00. The standard InChI is InChI=1S/C17H27NO2/c1-13(2)15-8-6-14(7-9-15)12-18(17(3,4)5)11-10-16(19)20/h6-9,13H,10-12H2,1-5H3,(H,19,20). The quantitative estimate of drug-likeness (QED) is 0.857. The van der Waals surface area contributed by atoms with Crippen LogP contribution in [-0.2, 0) is 11.3 Å². The van der Waals surface area contributed by atoms with Crippen LogP contribution in [0.25, 0.3) is 0 Å². The van der Waals surface area contributed by atoms with Gasteiger partial charge in [0.2, 0.25) is 0 Å². The maximum Gasteiger partial charge on any atom is 0.304 e. The average molecular weight is 277 g/mol. The Hall–Kier alpha value is -1.35. The third-order valence-electron chi connectivity index (χ3n) is 3.56. The summed E-state index contributed by atoms with van der Waals surface area (Å²) < 4.78 is 0. The number of carbonyl (C=O) groups is 1. The molecular weight excluding hydrogens is 250 g/mol. The van der Waals surface area contributed by atoms with Gasteiger partial charge in [0.15, 0.2) is 0 Å². The van der Waals surface area contributed by atoms with Gasteiger partial charge in [-0.25, -0.2) is 0 Å². The molecule has 0 aliphatic heterocycles. The van der Waals surface area contributed by atoms with Crippen LogP contribution in [0.15, 0.2) is 24.3 Å². The lowest BCUT2D eigenvalue weighted by Crippen LogP contribution is -2.42. The Labute approximate surface area is 122 Å². The van der Waals surface area contributed by atoms with E-state index < -0.39 is 5.97 Å².